The lowest BCUT2D eigenvalue weighted by Gasteiger charge is -2.29. The Morgan fingerprint density at radius 2 is 1.78 bits per heavy atom. The molecule has 0 aromatic heterocycles. The van der Waals surface area contributed by atoms with E-state index < -0.39 is 6.04 Å². The highest BCUT2D eigenvalue weighted by Gasteiger charge is 2.47. The smallest absolute Gasteiger partial charge is 0.327 e. The van der Waals surface area contributed by atoms with E-state index in [1.165, 1.54) is 4.90 Å². The molecule has 10 nitrogen and oxygen atoms in total. The van der Waals surface area contributed by atoms with E-state index in [9.17, 15) is 14.4 Å². The number of imide groups is 1. The number of carbonyl (C=O) groups excluding carboxylic acids is 3. The van der Waals surface area contributed by atoms with E-state index in [4.69, 9.17) is 14.2 Å². The molecule has 0 bridgehead atoms. The van der Waals surface area contributed by atoms with Crippen molar-refractivity contribution in [1.29, 1.82) is 0 Å². The Morgan fingerprint density at radius 1 is 1.09 bits per heavy atom. The van der Waals surface area contributed by atoms with Gasteiger partial charge in [-0.15, -0.1) is 0 Å². The van der Waals surface area contributed by atoms with Gasteiger partial charge in [0.15, 0.2) is 11.5 Å². The van der Waals surface area contributed by atoms with Crippen LogP contribution >= 0.6 is 0 Å². The normalized spacial score (nSPS) is 20.8. The molecule has 1 aromatic carbocycles. The van der Waals surface area contributed by atoms with Crippen LogP contribution in [0.2, 0.25) is 0 Å². The van der Waals surface area contributed by atoms with E-state index in [0.717, 1.165) is 30.8 Å². The maximum absolute atomic E-state index is 12.9. The van der Waals surface area contributed by atoms with Crippen molar-refractivity contribution in [3.05, 3.63) is 23.3 Å². The van der Waals surface area contributed by atoms with Gasteiger partial charge in [-0.3, -0.25) is 19.4 Å². The van der Waals surface area contributed by atoms with Crippen LogP contribution in [0.25, 0.3) is 0 Å². The maximum atomic E-state index is 12.9. The first kappa shape index (κ1) is 22.3. The Morgan fingerprint density at radius 3 is 2.47 bits per heavy atom. The van der Waals surface area contributed by atoms with E-state index >= 15 is 0 Å². The summed E-state index contributed by atoms with van der Waals surface area (Å²) in [6.07, 6.45) is 0.512. The molecule has 10 heteroatoms. The van der Waals surface area contributed by atoms with Crippen molar-refractivity contribution in [3.63, 3.8) is 0 Å². The molecule has 0 radical (unpaired) electrons. The lowest BCUT2D eigenvalue weighted by molar-refractivity contribution is -0.129. The maximum Gasteiger partial charge on any atom is 0.327 e. The number of carbonyl (C=O) groups is 3. The third-order valence-electron chi connectivity index (χ3n) is 6.28. The summed E-state index contributed by atoms with van der Waals surface area (Å²) in [6, 6.07) is 2.83. The Bertz CT molecular complexity index is 834. The standard InChI is InChI=1S/C22H30N4O6/c1-30-18-12-15-11-17-21(28)25(22(29)26(17)14-16(15)13-19(18)31-2)5-3-20(27)23-4-6-24-7-9-32-10-8-24/h12-13,17H,3-11,14H2,1-2H3,(H,23,27)/t17-/m0/s1. The summed E-state index contributed by atoms with van der Waals surface area (Å²) in [4.78, 5) is 43.1. The van der Waals surface area contributed by atoms with Crippen molar-refractivity contribution in [2.45, 2.75) is 25.4 Å². The highest BCUT2D eigenvalue weighted by molar-refractivity contribution is 6.04. The summed E-state index contributed by atoms with van der Waals surface area (Å²) < 4.78 is 16.0. The quantitative estimate of drug-likeness (QED) is 0.571. The van der Waals surface area contributed by atoms with Crippen molar-refractivity contribution >= 4 is 17.8 Å². The highest BCUT2D eigenvalue weighted by Crippen LogP contribution is 2.37. The van der Waals surface area contributed by atoms with Crippen LogP contribution in [0.5, 0.6) is 11.5 Å². The minimum Gasteiger partial charge on any atom is -0.493 e. The average Bonchev–Trinajstić information content (AvgIpc) is 3.04. The minimum atomic E-state index is -0.544. The number of morpholine rings is 1. The van der Waals surface area contributed by atoms with Crippen molar-refractivity contribution < 1.29 is 28.6 Å². The molecule has 174 valence electrons. The SMILES string of the molecule is COc1cc2c(cc1OC)CN1C(=O)N(CCC(=O)NCCN3CCOCC3)C(=O)[C@@H]1C2. The van der Waals surface area contributed by atoms with E-state index in [0.29, 0.717) is 44.2 Å². The predicted octanol–water partition coefficient (Wildman–Crippen LogP) is 0.231. The second-order valence-corrected chi connectivity index (χ2v) is 8.15. The molecule has 1 atom stereocenters. The third-order valence-corrected chi connectivity index (χ3v) is 6.28. The molecule has 0 saturated carbocycles. The number of methoxy groups -OCH3 is 2. The summed E-state index contributed by atoms with van der Waals surface area (Å²) >= 11 is 0. The first-order chi connectivity index (χ1) is 15.5. The number of ether oxygens (including phenoxy) is 3. The number of benzene rings is 1. The van der Waals surface area contributed by atoms with Crippen LogP contribution in [0.3, 0.4) is 0 Å². The lowest BCUT2D eigenvalue weighted by Crippen LogP contribution is -2.42. The summed E-state index contributed by atoms with van der Waals surface area (Å²) in [5, 5.41) is 2.87. The minimum absolute atomic E-state index is 0.0804. The number of hydrogen-bond donors (Lipinski definition) is 1. The monoisotopic (exact) mass is 446 g/mol. The van der Waals surface area contributed by atoms with E-state index in [1.807, 2.05) is 12.1 Å². The van der Waals surface area contributed by atoms with Gasteiger partial charge in [0.25, 0.3) is 5.91 Å². The fraction of sp³-hybridized carbons (Fsp3) is 0.591. The van der Waals surface area contributed by atoms with Crippen molar-refractivity contribution in [3.8, 4) is 11.5 Å². The Labute approximate surface area is 187 Å². The van der Waals surface area contributed by atoms with Gasteiger partial charge in [0.1, 0.15) is 6.04 Å². The number of urea groups is 1. The summed E-state index contributed by atoms with van der Waals surface area (Å²) in [5.74, 6) is 0.772. The zero-order valence-electron chi connectivity index (χ0n) is 18.6. The first-order valence-corrected chi connectivity index (χ1v) is 10.9. The molecular weight excluding hydrogens is 416 g/mol. The molecule has 0 aliphatic carbocycles. The lowest BCUT2D eigenvalue weighted by atomic mass is 9.94. The molecule has 2 saturated heterocycles. The zero-order chi connectivity index (χ0) is 22.7. The van der Waals surface area contributed by atoms with E-state index in [2.05, 4.69) is 10.2 Å². The second-order valence-electron chi connectivity index (χ2n) is 8.15. The topological polar surface area (TPSA) is 101 Å². The number of hydrogen-bond acceptors (Lipinski definition) is 7. The molecular formula is C22H30N4O6. The molecule has 0 unspecified atom stereocenters. The molecule has 32 heavy (non-hydrogen) atoms. The molecule has 4 amide bonds. The van der Waals surface area contributed by atoms with Gasteiger partial charge in [0.05, 0.1) is 27.4 Å². The molecule has 3 aliphatic rings. The molecule has 3 heterocycles. The van der Waals surface area contributed by atoms with E-state index in [1.54, 1.807) is 19.1 Å². The number of amides is 4. The van der Waals surface area contributed by atoms with Crippen molar-refractivity contribution in [2.75, 3.05) is 60.2 Å². The fourth-order valence-electron chi connectivity index (χ4n) is 4.45. The molecule has 1 N–H and O–H groups in total. The van der Waals surface area contributed by atoms with Crippen LogP contribution in [0.4, 0.5) is 4.79 Å². The van der Waals surface area contributed by atoms with Crippen LogP contribution in [-0.4, -0.2) is 98.7 Å². The van der Waals surface area contributed by atoms with Gasteiger partial charge in [-0.1, -0.05) is 0 Å². The van der Waals surface area contributed by atoms with Gasteiger partial charge in [-0.2, -0.15) is 0 Å². The summed E-state index contributed by atoms with van der Waals surface area (Å²) in [7, 11) is 3.13. The fourth-order valence-corrected chi connectivity index (χ4v) is 4.45. The van der Waals surface area contributed by atoms with Crippen LogP contribution in [0.15, 0.2) is 12.1 Å². The van der Waals surface area contributed by atoms with Gasteiger partial charge >= 0.3 is 6.03 Å². The van der Waals surface area contributed by atoms with Crippen LogP contribution in [-0.2, 0) is 27.3 Å². The average molecular weight is 447 g/mol. The van der Waals surface area contributed by atoms with E-state index in [-0.39, 0.29) is 30.8 Å². The second kappa shape index (κ2) is 9.74. The molecule has 4 rings (SSSR count). The van der Waals surface area contributed by atoms with Crippen LogP contribution in [0, 0.1) is 0 Å². The molecule has 2 fully saturated rings. The molecule has 3 aliphatic heterocycles. The molecule has 1 aromatic rings. The Hall–Kier alpha value is -2.85. The van der Waals surface area contributed by atoms with Crippen LogP contribution < -0.4 is 14.8 Å². The summed E-state index contributed by atoms with van der Waals surface area (Å²) in [5.41, 5.74) is 1.90. The predicted molar refractivity (Wildman–Crippen MR) is 115 cm³/mol. The first-order valence-electron chi connectivity index (χ1n) is 10.9. The third kappa shape index (κ3) is 4.51. The highest BCUT2D eigenvalue weighted by atomic mass is 16.5. The van der Waals surface area contributed by atoms with Gasteiger partial charge in [-0.25, -0.2) is 4.79 Å². The Kier molecular flexibility index (Phi) is 6.80. The van der Waals surface area contributed by atoms with Gasteiger partial charge < -0.3 is 24.4 Å². The van der Waals surface area contributed by atoms with Crippen molar-refractivity contribution in [1.82, 2.24) is 20.0 Å². The van der Waals surface area contributed by atoms with Gasteiger partial charge in [0, 0.05) is 52.1 Å². The van der Waals surface area contributed by atoms with Crippen LogP contribution in [0.1, 0.15) is 17.5 Å². The van der Waals surface area contributed by atoms with Gasteiger partial charge in [0.2, 0.25) is 5.91 Å². The Balaban J connectivity index is 1.31. The number of fused-ring (bicyclic) bond motifs is 2. The largest absolute Gasteiger partial charge is 0.493 e. The zero-order valence-corrected chi connectivity index (χ0v) is 18.6. The number of rotatable bonds is 8. The van der Waals surface area contributed by atoms with Gasteiger partial charge in [-0.05, 0) is 23.3 Å². The molecule has 0 spiro atoms. The number of nitrogens with one attached hydrogen (secondary N) is 1. The summed E-state index contributed by atoms with van der Waals surface area (Å²) in [6.45, 7) is 4.87. The number of nitrogens with zero attached hydrogens (tertiary/aromatic N) is 3. The van der Waals surface area contributed by atoms with Crippen molar-refractivity contribution in [2.24, 2.45) is 0 Å².